The largest absolute Gasteiger partial charge is 0.444 e. The van der Waals surface area contributed by atoms with Gasteiger partial charge in [-0.05, 0) is 50.2 Å². The Morgan fingerprint density at radius 1 is 0.966 bits per heavy atom. The zero-order chi connectivity index (χ0) is 20.4. The minimum atomic E-state index is -0.440. The van der Waals surface area contributed by atoms with Gasteiger partial charge in [0, 0.05) is 32.2 Å². The van der Waals surface area contributed by atoms with E-state index in [0.29, 0.717) is 17.9 Å². The molecule has 0 bridgehead atoms. The normalized spacial score (nSPS) is 23.6. The number of benzene rings is 2. The van der Waals surface area contributed by atoms with Crippen molar-refractivity contribution in [3.63, 3.8) is 0 Å². The van der Waals surface area contributed by atoms with E-state index in [1.165, 1.54) is 11.1 Å². The molecule has 1 amide bonds. The van der Waals surface area contributed by atoms with Gasteiger partial charge in [0.2, 0.25) is 0 Å². The lowest BCUT2D eigenvalue weighted by Crippen LogP contribution is -2.51. The van der Waals surface area contributed by atoms with Gasteiger partial charge in [-0.1, -0.05) is 60.7 Å². The van der Waals surface area contributed by atoms with Crippen LogP contribution in [0.2, 0.25) is 0 Å². The highest BCUT2D eigenvalue weighted by atomic mass is 16.6. The second kappa shape index (κ2) is 8.19. The van der Waals surface area contributed by atoms with Gasteiger partial charge in [0.25, 0.3) is 0 Å². The highest BCUT2D eigenvalue weighted by Crippen LogP contribution is 2.45. The first kappa shape index (κ1) is 20.0. The van der Waals surface area contributed by atoms with Crippen molar-refractivity contribution in [2.24, 2.45) is 11.8 Å². The molecule has 1 saturated heterocycles. The molecule has 3 atom stereocenters. The fraction of sp³-hybridized carbons (Fsp3) is 0.480. The topological polar surface area (TPSA) is 32.8 Å². The van der Waals surface area contributed by atoms with E-state index in [9.17, 15) is 4.79 Å². The van der Waals surface area contributed by atoms with E-state index in [0.717, 1.165) is 32.6 Å². The fourth-order valence-electron chi connectivity index (χ4n) is 4.69. The van der Waals surface area contributed by atoms with Gasteiger partial charge in [-0.3, -0.25) is 4.90 Å². The molecule has 2 aromatic carbocycles. The van der Waals surface area contributed by atoms with Crippen molar-refractivity contribution >= 4 is 6.09 Å². The first-order chi connectivity index (χ1) is 13.9. The second-order valence-corrected chi connectivity index (χ2v) is 9.49. The minimum absolute atomic E-state index is 0.164. The van der Waals surface area contributed by atoms with Crippen LogP contribution in [-0.4, -0.2) is 40.6 Å². The predicted molar refractivity (Wildman–Crippen MR) is 115 cm³/mol. The average molecular weight is 393 g/mol. The smallest absolute Gasteiger partial charge is 0.410 e. The Morgan fingerprint density at radius 3 is 2.03 bits per heavy atom. The van der Waals surface area contributed by atoms with Crippen molar-refractivity contribution in [3.05, 3.63) is 71.8 Å². The number of ether oxygens (including phenoxy) is 1. The van der Waals surface area contributed by atoms with Gasteiger partial charge in [0.1, 0.15) is 5.60 Å². The molecule has 2 aliphatic rings. The Kier molecular flexibility index (Phi) is 5.64. The number of carbonyl (C=O) groups is 1. The van der Waals surface area contributed by atoms with Crippen LogP contribution in [0.1, 0.15) is 38.3 Å². The van der Waals surface area contributed by atoms with E-state index in [2.05, 4.69) is 65.6 Å². The zero-order valence-electron chi connectivity index (χ0n) is 17.8. The van der Waals surface area contributed by atoms with Crippen LogP contribution in [-0.2, 0) is 17.8 Å². The molecule has 4 heteroatoms. The Hall–Kier alpha value is -2.33. The van der Waals surface area contributed by atoms with Crippen LogP contribution in [0.4, 0.5) is 4.79 Å². The quantitative estimate of drug-likeness (QED) is 0.722. The maximum Gasteiger partial charge on any atom is 0.410 e. The first-order valence-electron chi connectivity index (χ1n) is 10.7. The van der Waals surface area contributed by atoms with Crippen molar-refractivity contribution in [2.75, 3.05) is 13.1 Å². The summed E-state index contributed by atoms with van der Waals surface area (Å²) >= 11 is 0. The van der Waals surface area contributed by atoms with Crippen LogP contribution >= 0.6 is 0 Å². The van der Waals surface area contributed by atoms with E-state index in [1.807, 2.05) is 25.7 Å². The summed E-state index contributed by atoms with van der Waals surface area (Å²) in [5, 5.41) is 0. The Balaban J connectivity index is 1.45. The molecule has 4 rings (SSSR count). The highest BCUT2D eigenvalue weighted by molar-refractivity contribution is 5.68. The third-order valence-corrected chi connectivity index (χ3v) is 6.11. The van der Waals surface area contributed by atoms with Crippen LogP contribution in [0, 0.1) is 11.8 Å². The summed E-state index contributed by atoms with van der Waals surface area (Å²) in [6.07, 6.45) is 0.993. The maximum absolute atomic E-state index is 12.5. The van der Waals surface area contributed by atoms with E-state index >= 15 is 0 Å². The molecular formula is C25H32N2O2. The number of fused-ring (bicyclic) bond motifs is 1. The van der Waals surface area contributed by atoms with E-state index < -0.39 is 5.60 Å². The molecule has 3 unspecified atom stereocenters. The fourth-order valence-corrected chi connectivity index (χ4v) is 4.69. The summed E-state index contributed by atoms with van der Waals surface area (Å²) in [5.41, 5.74) is 2.24. The summed E-state index contributed by atoms with van der Waals surface area (Å²) in [7, 11) is 0. The average Bonchev–Trinajstić information content (AvgIpc) is 2.99. The number of nitrogens with zero attached hydrogens (tertiary/aromatic N) is 2. The number of amides is 1. The molecule has 154 valence electrons. The molecule has 1 aliphatic heterocycles. The van der Waals surface area contributed by atoms with Gasteiger partial charge in [-0.25, -0.2) is 4.79 Å². The first-order valence-corrected chi connectivity index (χ1v) is 10.7. The van der Waals surface area contributed by atoms with Crippen molar-refractivity contribution < 1.29 is 9.53 Å². The minimum Gasteiger partial charge on any atom is -0.444 e. The SMILES string of the molecule is CC(C)(C)OC(=O)N1CC2CC(N(Cc3ccccc3)Cc3ccccc3)C2C1. The predicted octanol–water partition coefficient (Wildman–Crippen LogP) is 4.94. The molecule has 0 aromatic heterocycles. The van der Waals surface area contributed by atoms with Gasteiger partial charge >= 0.3 is 6.09 Å². The molecule has 1 heterocycles. The van der Waals surface area contributed by atoms with Crippen LogP contribution in [0.5, 0.6) is 0 Å². The third kappa shape index (κ3) is 4.81. The third-order valence-electron chi connectivity index (χ3n) is 6.11. The van der Waals surface area contributed by atoms with Crippen LogP contribution < -0.4 is 0 Å². The lowest BCUT2D eigenvalue weighted by molar-refractivity contribution is 0.0200. The van der Waals surface area contributed by atoms with Crippen LogP contribution in [0.25, 0.3) is 0 Å². The molecular weight excluding hydrogens is 360 g/mol. The summed E-state index contributed by atoms with van der Waals surface area (Å²) in [6.45, 7) is 9.32. The Labute approximate surface area is 174 Å². The lowest BCUT2D eigenvalue weighted by Gasteiger charge is -2.46. The van der Waals surface area contributed by atoms with Gasteiger partial charge in [0.05, 0.1) is 0 Å². The number of hydrogen-bond acceptors (Lipinski definition) is 3. The molecule has 1 aliphatic carbocycles. The summed E-state index contributed by atoms with van der Waals surface area (Å²) in [4.78, 5) is 17.1. The molecule has 29 heavy (non-hydrogen) atoms. The second-order valence-electron chi connectivity index (χ2n) is 9.49. The molecule has 2 fully saturated rings. The van der Waals surface area contributed by atoms with Gasteiger partial charge in [-0.15, -0.1) is 0 Å². The van der Waals surface area contributed by atoms with Crippen molar-refractivity contribution in [1.82, 2.24) is 9.80 Å². The van der Waals surface area contributed by atoms with Gasteiger partial charge < -0.3 is 9.64 Å². The molecule has 0 spiro atoms. The summed E-state index contributed by atoms with van der Waals surface area (Å²) < 4.78 is 5.61. The van der Waals surface area contributed by atoms with Gasteiger partial charge in [-0.2, -0.15) is 0 Å². The molecule has 0 N–H and O–H groups in total. The number of likely N-dealkylation sites (tertiary alicyclic amines) is 1. The molecule has 0 radical (unpaired) electrons. The zero-order valence-corrected chi connectivity index (χ0v) is 17.8. The molecule has 2 aromatic rings. The van der Waals surface area contributed by atoms with Crippen molar-refractivity contribution in [1.29, 1.82) is 0 Å². The number of hydrogen-bond donors (Lipinski definition) is 0. The van der Waals surface area contributed by atoms with Crippen molar-refractivity contribution in [3.8, 4) is 0 Å². The number of carbonyl (C=O) groups excluding carboxylic acids is 1. The van der Waals surface area contributed by atoms with Crippen LogP contribution in [0.15, 0.2) is 60.7 Å². The standard InChI is InChI=1S/C25H32N2O2/c1-25(2,3)29-24(28)27-17-21-14-23(22(21)18-27)26(15-19-10-6-4-7-11-19)16-20-12-8-5-9-13-20/h4-13,21-23H,14-18H2,1-3H3. The van der Waals surface area contributed by atoms with E-state index in [1.54, 1.807) is 0 Å². The Bertz CT molecular complexity index is 774. The van der Waals surface area contributed by atoms with Crippen molar-refractivity contribution in [2.45, 2.75) is 51.9 Å². The maximum atomic E-state index is 12.5. The summed E-state index contributed by atoms with van der Waals surface area (Å²) in [5.74, 6) is 1.14. The van der Waals surface area contributed by atoms with Gasteiger partial charge in [0.15, 0.2) is 0 Å². The van der Waals surface area contributed by atoms with E-state index in [4.69, 9.17) is 4.74 Å². The monoisotopic (exact) mass is 392 g/mol. The molecule has 1 saturated carbocycles. The highest BCUT2D eigenvalue weighted by Gasteiger charge is 2.50. The van der Waals surface area contributed by atoms with Crippen LogP contribution in [0.3, 0.4) is 0 Å². The lowest BCUT2D eigenvalue weighted by atomic mass is 9.70. The van der Waals surface area contributed by atoms with E-state index in [-0.39, 0.29) is 6.09 Å². The number of rotatable bonds is 5. The molecule has 4 nitrogen and oxygen atoms in total. The Morgan fingerprint density at radius 2 is 1.52 bits per heavy atom. The summed E-state index contributed by atoms with van der Waals surface area (Å²) in [6, 6.07) is 21.9.